The van der Waals surface area contributed by atoms with Crippen LogP contribution in [-0.2, 0) is 6.54 Å². The van der Waals surface area contributed by atoms with Gasteiger partial charge >= 0.3 is 0 Å². The van der Waals surface area contributed by atoms with Crippen molar-refractivity contribution in [1.82, 2.24) is 5.32 Å². The van der Waals surface area contributed by atoms with E-state index >= 15 is 0 Å². The highest BCUT2D eigenvalue weighted by Gasteiger charge is 2.14. The van der Waals surface area contributed by atoms with Crippen LogP contribution in [0.2, 0.25) is 15.1 Å². The lowest BCUT2D eigenvalue weighted by atomic mass is 10.2. The molecule has 0 aromatic heterocycles. The van der Waals surface area contributed by atoms with Gasteiger partial charge < -0.3 is 5.32 Å². The molecule has 0 bridgehead atoms. The Morgan fingerprint density at radius 2 is 1.47 bits per heavy atom. The smallest absolute Gasteiger partial charge is 0.254 e. The van der Waals surface area contributed by atoms with Crippen LogP contribution in [0.5, 0.6) is 0 Å². The van der Waals surface area contributed by atoms with Gasteiger partial charge in [0.05, 0.1) is 15.6 Å². The van der Waals surface area contributed by atoms with Crippen molar-refractivity contribution in [2.45, 2.75) is 6.54 Å². The molecule has 19 heavy (non-hydrogen) atoms. The quantitative estimate of drug-likeness (QED) is 0.883. The second-order valence-corrected chi connectivity index (χ2v) is 5.09. The Morgan fingerprint density at radius 1 is 0.895 bits per heavy atom. The lowest BCUT2D eigenvalue weighted by molar-refractivity contribution is 0.0951. The predicted octanol–water partition coefficient (Wildman–Crippen LogP) is 4.58. The molecule has 2 aromatic rings. The third-order valence-electron chi connectivity index (χ3n) is 2.59. The first-order chi connectivity index (χ1) is 9.09. The first kappa shape index (κ1) is 14.2. The van der Waals surface area contributed by atoms with Gasteiger partial charge in [0.25, 0.3) is 5.91 Å². The number of rotatable bonds is 3. The van der Waals surface area contributed by atoms with Gasteiger partial charge in [0.2, 0.25) is 0 Å². The molecule has 0 aliphatic heterocycles. The summed E-state index contributed by atoms with van der Waals surface area (Å²) in [7, 11) is 0. The summed E-state index contributed by atoms with van der Waals surface area (Å²) in [6, 6.07) is 12.2. The number of carbonyl (C=O) groups is 1. The van der Waals surface area contributed by atoms with Gasteiger partial charge in [0.1, 0.15) is 0 Å². The van der Waals surface area contributed by atoms with Crippen molar-refractivity contribution in [3.8, 4) is 0 Å². The van der Waals surface area contributed by atoms with Crippen LogP contribution < -0.4 is 5.32 Å². The lowest BCUT2D eigenvalue weighted by Crippen LogP contribution is -2.23. The molecule has 0 radical (unpaired) electrons. The Labute approximate surface area is 126 Å². The fourth-order valence-electron chi connectivity index (χ4n) is 1.62. The van der Waals surface area contributed by atoms with Crippen LogP contribution in [0.25, 0.3) is 0 Å². The van der Waals surface area contributed by atoms with E-state index in [-0.39, 0.29) is 11.5 Å². The molecule has 0 saturated heterocycles. The minimum absolute atomic E-state index is 0.276. The summed E-state index contributed by atoms with van der Waals surface area (Å²) >= 11 is 17.9. The zero-order valence-electron chi connectivity index (χ0n) is 9.79. The lowest BCUT2D eigenvalue weighted by Gasteiger charge is -2.09. The Hall–Kier alpha value is -1.22. The Morgan fingerprint density at radius 3 is 2.11 bits per heavy atom. The third-order valence-corrected chi connectivity index (χ3v) is 3.59. The second-order valence-electron chi connectivity index (χ2n) is 3.87. The SMILES string of the molecule is O=C(NCc1ccccc1Cl)c1c(Cl)cccc1Cl. The molecule has 0 atom stereocenters. The minimum atomic E-state index is -0.324. The van der Waals surface area contributed by atoms with Crippen molar-refractivity contribution in [1.29, 1.82) is 0 Å². The van der Waals surface area contributed by atoms with Gasteiger partial charge in [-0.1, -0.05) is 59.1 Å². The van der Waals surface area contributed by atoms with E-state index in [1.807, 2.05) is 18.2 Å². The highest BCUT2D eigenvalue weighted by Crippen LogP contribution is 2.24. The molecule has 1 N–H and O–H groups in total. The van der Waals surface area contributed by atoms with Crippen molar-refractivity contribution in [3.63, 3.8) is 0 Å². The van der Waals surface area contributed by atoms with Gasteiger partial charge in [-0.3, -0.25) is 4.79 Å². The molecule has 2 rings (SSSR count). The molecular weight excluding hydrogens is 305 g/mol. The van der Waals surface area contributed by atoms with Crippen LogP contribution in [0.1, 0.15) is 15.9 Å². The maximum absolute atomic E-state index is 12.0. The van der Waals surface area contributed by atoms with Crippen molar-refractivity contribution in [2.24, 2.45) is 0 Å². The van der Waals surface area contributed by atoms with E-state index in [0.29, 0.717) is 21.6 Å². The highest BCUT2D eigenvalue weighted by atomic mass is 35.5. The number of benzene rings is 2. The summed E-state index contributed by atoms with van der Waals surface area (Å²) in [4.78, 5) is 12.0. The van der Waals surface area contributed by atoms with Crippen LogP contribution in [0, 0.1) is 0 Å². The molecule has 0 saturated carbocycles. The standard InChI is InChI=1S/C14H10Cl3NO/c15-10-5-2-1-4-9(10)8-18-14(19)13-11(16)6-3-7-12(13)17/h1-7H,8H2,(H,18,19). The monoisotopic (exact) mass is 313 g/mol. The topological polar surface area (TPSA) is 29.1 Å². The number of halogens is 3. The van der Waals surface area contributed by atoms with Gasteiger partial charge in [0.15, 0.2) is 0 Å². The summed E-state index contributed by atoms with van der Waals surface area (Å²) in [5, 5.41) is 4.00. The van der Waals surface area contributed by atoms with E-state index in [4.69, 9.17) is 34.8 Å². The molecule has 0 unspecified atom stereocenters. The van der Waals surface area contributed by atoms with E-state index in [1.165, 1.54) is 0 Å². The first-order valence-electron chi connectivity index (χ1n) is 5.55. The highest BCUT2D eigenvalue weighted by molar-refractivity contribution is 6.39. The predicted molar refractivity (Wildman–Crippen MR) is 79.1 cm³/mol. The molecule has 2 aromatic carbocycles. The van der Waals surface area contributed by atoms with Crippen molar-refractivity contribution >= 4 is 40.7 Å². The summed E-state index contributed by atoms with van der Waals surface area (Å²) < 4.78 is 0. The van der Waals surface area contributed by atoms with Crippen LogP contribution in [0.15, 0.2) is 42.5 Å². The molecular formula is C14H10Cl3NO. The van der Waals surface area contributed by atoms with Crippen LogP contribution in [0.3, 0.4) is 0 Å². The summed E-state index contributed by atoms with van der Waals surface area (Å²) in [5.74, 6) is -0.324. The van der Waals surface area contributed by atoms with Gasteiger partial charge in [-0.2, -0.15) is 0 Å². The molecule has 0 heterocycles. The van der Waals surface area contributed by atoms with E-state index in [9.17, 15) is 4.79 Å². The van der Waals surface area contributed by atoms with E-state index < -0.39 is 0 Å². The van der Waals surface area contributed by atoms with Crippen molar-refractivity contribution in [3.05, 3.63) is 68.7 Å². The van der Waals surface area contributed by atoms with Gasteiger partial charge in [-0.25, -0.2) is 0 Å². The Bertz CT molecular complexity index is 593. The normalized spacial score (nSPS) is 10.3. The fourth-order valence-corrected chi connectivity index (χ4v) is 2.39. The number of hydrogen-bond donors (Lipinski definition) is 1. The number of hydrogen-bond acceptors (Lipinski definition) is 1. The molecule has 98 valence electrons. The van der Waals surface area contributed by atoms with Crippen LogP contribution in [0.4, 0.5) is 0 Å². The average molecular weight is 315 g/mol. The van der Waals surface area contributed by atoms with Gasteiger partial charge in [-0.15, -0.1) is 0 Å². The second kappa shape index (κ2) is 6.29. The van der Waals surface area contributed by atoms with E-state index in [2.05, 4.69) is 5.32 Å². The molecule has 0 fully saturated rings. The average Bonchev–Trinajstić information content (AvgIpc) is 2.37. The number of carbonyl (C=O) groups excluding carboxylic acids is 1. The van der Waals surface area contributed by atoms with Crippen LogP contribution in [-0.4, -0.2) is 5.91 Å². The number of amides is 1. The van der Waals surface area contributed by atoms with Gasteiger partial charge in [0, 0.05) is 11.6 Å². The summed E-state index contributed by atoms with van der Waals surface area (Å²) in [6.07, 6.45) is 0. The minimum Gasteiger partial charge on any atom is -0.348 e. The zero-order valence-corrected chi connectivity index (χ0v) is 12.1. The van der Waals surface area contributed by atoms with Crippen molar-refractivity contribution < 1.29 is 4.79 Å². The van der Waals surface area contributed by atoms with Crippen LogP contribution >= 0.6 is 34.8 Å². The van der Waals surface area contributed by atoms with E-state index in [1.54, 1.807) is 24.3 Å². The molecule has 5 heteroatoms. The Kier molecular flexibility index (Phi) is 4.70. The van der Waals surface area contributed by atoms with Crippen molar-refractivity contribution in [2.75, 3.05) is 0 Å². The maximum atomic E-state index is 12.0. The zero-order chi connectivity index (χ0) is 13.8. The molecule has 0 aliphatic carbocycles. The van der Waals surface area contributed by atoms with E-state index in [0.717, 1.165) is 5.56 Å². The molecule has 0 aliphatic rings. The Balaban J connectivity index is 2.13. The van der Waals surface area contributed by atoms with Gasteiger partial charge in [-0.05, 0) is 23.8 Å². The fraction of sp³-hybridized carbons (Fsp3) is 0.0714. The maximum Gasteiger partial charge on any atom is 0.254 e. The largest absolute Gasteiger partial charge is 0.348 e. The number of nitrogens with one attached hydrogen (secondary N) is 1. The first-order valence-corrected chi connectivity index (χ1v) is 6.68. The molecule has 0 spiro atoms. The third kappa shape index (κ3) is 3.41. The summed E-state index contributed by atoms with van der Waals surface area (Å²) in [6.45, 7) is 0.320. The molecule has 1 amide bonds. The summed E-state index contributed by atoms with van der Waals surface area (Å²) in [5.41, 5.74) is 1.11. The molecule has 2 nitrogen and oxygen atoms in total.